The van der Waals surface area contributed by atoms with E-state index >= 15 is 0 Å². The van der Waals surface area contributed by atoms with Crippen LogP contribution in [0.4, 0.5) is 0 Å². The van der Waals surface area contributed by atoms with Gasteiger partial charge in [-0.15, -0.1) is 0 Å². The van der Waals surface area contributed by atoms with E-state index in [1.165, 1.54) is 0 Å². The number of hydrogen-bond acceptors (Lipinski definition) is 6. The van der Waals surface area contributed by atoms with E-state index in [1.54, 1.807) is 18.4 Å². The Morgan fingerprint density at radius 3 is 3.16 bits per heavy atom. The van der Waals surface area contributed by atoms with Crippen LogP contribution in [0.3, 0.4) is 0 Å². The Labute approximate surface area is 111 Å². The lowest BCUT2D eigenvalue weighted by atomic mass is 9.99. The molecule has 0 aromatic carbocycles. The number of rotatable bonds is 3. The van der Waals surface area contributed by atoms with Crippen molar-refractivity contribution < 1.29 is 8.94 Å². The highest BCUT2D eigenvalue weighted by molar-refractivity contribution is 5.42. The number of aromatic nitrogens is 2. The molecule has 1 fully saturated rings. The number of hydrogen-bond donors (Lipinski definition) is 1. The van der Waals surface area contributed by atoms with E-state index < -0.39 is 0 Å². The molecule has 1 saturated heterocycles. The maximum atomic E-state index is 5.96. The summed E-state index contributed by atoms with van der Waals surface area (Å²) in [5, 5.41) is 4.00. The summed E-state index contributed by atoms with van der Waals surface area (Å²) in [5.41, 5.74) is 5.96. The van der Waals surface area contributed by atoms with Crippen molar-refractivity contribution in [1.82, 2.24) is 15.0 Å². The summed E-state index contributed by atoms with van der Waals surface area (Å²) in [7, 11) is 0. The third kappa shape index (κ3) is 2.69. The summed E-state index contributed by atoms with van der Waals surface area (Å²) in [5.74, 6) is 1.72. The molecule has 2 unspecified atom stereocenters. The molecule has 0 radical (unpaired) electrons. The lowest BCUT2D eigenvalue weighted by Gasteiger charge is -2.35. The highest BCUT2D eigenvalue weighted by Crippen LogP contribution is 2.20. The predicted molar refractivity (Wildman–Crippen MR) is 69.1 cm³/mol. The zero-order valence-corrected chi connectivity index (χ0v) is 11.0. The number of nitrogens with zero attached hydrogens (tertiary/aromatic N) is 3. The van der Waals surface area contributed by atoms with Gasteiger partial charge in [0.1, 0.15) is 0 Å². The fraction of sp³-hybridized carbons (Fsp3) is 0.538. The molecule has 2 aromatic rings. The normalized spacial score (nSPS) is 24.7. The second-order valence-electron chi connectivity index (χ2n) is 5.10. The monoisotopic (exact) mass is 262 g/mol. The molecule has 2 aromatic heterocycles. The Morgan fingerprint density at radius 1 is 1.53 bits per heavy atom. The quantitative estimate of drug-likeness (QED) is 0.905. The van der Waals surface area contributed by atoms with Crippen LogP contribution < -0.4 is 5.73 Å². The molecule has 6 nitrogen and oxygen atoms in total. The van der Waals surface area contributed by atoms with Gasteiger partial charge in [-0.1, -0.05) is 5.16 Å². The summed E-state index contributed by atoms with van der Waals surface area (Å²) in [6.07, 6.45) is 3.63. The van der Waals surface area contributed by atoms with Gasteiger partial charge >= 0.3 is 0 Å². The SMILES string of the molecule is CC1CC(N)CCN1Cc1noc(-c2ccco2)n1. The molecule has 1 aliphatic rings. The molecular weight excluding hydrogens is 244 g/mol. The number of nitrogens with two attached hydrogens (primary N) is 1. The third-order valence-electron chi connectivity index (χ3n) is 3.60. The lowest BCUT2D eigenvalue weighted by Crippen LogP contribution is -2.45. The molecule has 6 heteroatoms. The minimum Gasteiger partial charge on any atom is -0.459 e. The van der Waals surface area contributed by atoms with Crippen LogP contribution in [-0.4, -0.2) is 33.7 Å². The Morgan fingerprint density at radius 2 is 2.42 bits per heavy atom. The fourth-order valence-corrected chi connectivity index (χ4v) is 2.49. The van der Waals surface area contributed by atoms with Crippen molar-refractivity contribution >= 4 is 0 Å². The summed E-state index contributed by atoms with van der Waals surface area (Å²) in [6.45, 7) is 3.86. The van der Waals surface area contributed by atoms with E-state index in [0.29, 0.717) is 36.1 Å². The topological polar surface area (TPSA) is 81.3 Å². The molecule has 1 aliphatic heterocycles. The van der Waals surface area contributed by atoms with Crippen LogP contribution in [0.25, 0.3) is 11.7 Å². The van der Waals surface area contributed by atoms with E-state index in [4.69, 9.17) is 14.7 Å². The van der Waals surface area contributed by atoms with Crippen molar-refractivity contribution in [3.05, 3.63) is 24.2 Å². The number of furan rings is 1. The van der Waals surface area contributed by atoms with Gasteiger partial charge in [0.15, 0.2) is 11.6 Å². The van der Waals surface area contributed by atoms with Crippen molar-refractivity contribution in [3.8, 4) is 11.7 Å². The van der Waals surface area contributed by atoms with Gasteiger partial charge in [0.2, 0.25) is 0 Å². The standard InChI is InChI=1S/C13H18N4O2/c1-9-7-10(14)4-5-17(9)8-12-15-13(19-16-12)11-3-2-6-18-11/h2-3,6,9-10H,4-5,7-8,14H2,1H3. The zero-order chi connectivity index (χ0) is 13.2. The maximum Gasteiger partial charge on any atom is 0.293 e. The van der Waals surface area contributed by atoms with Crippen molar-refractivity contribution in [3.63, 3.8) is 0 Å². The highest BCUT2D eigenvalue weighted by atomic mass is 16.5. The molecule has 0 spiro atoms. The summed E-state index contributed by atoms with van der Waals surface area (Å²) < 4.78 is 10.4. The van der Waals surface area contributed by atoms with Crippen LogP contribution in [0.1, 0.15) is 25.6 Å². The van der Waals surface area contributed by atoms with E-state index in [2.05, 4.69) is 22.0 Å². The third-order valence-corrected chi connectivity index (χ3v) is 3.60. The fourth-order valence-electron chi connectivity index (χ4n) is 2.49. The first-order chi connectivity index (χ1) is 9.22. The summed E-state index contributed by atoms with van der Waals surface area (Å²) in [6, 6.07) is 4.37. The Hall–Kier alpha value is -1.66. The van der Waals surface area contributed by atoms with Gasteiger partial charge < -0.3 is 14.7 Å². The minimum absolute atomic E-state index is 0.315. The molecule has 19 heavy (non-hydrogen) atoms. The highest BCUT2D eigenvalue weighted by Gasteiger charge is 2.24. The molecule has 102 valence electrons. The van der Waals surface area contributed by atoms with Crippen molar-refractivity contribution in [2.45, 2.75) is 38.4 Å². The van der Waals surface area contributed by atoms with E-state index in [1.807, 2.05) is 0 Å². The number of piperidine rings is 1. The molecule has 3 rings (SSSR count). The molecule has 0 amide bonds. The van der Waals surface area contributed by atoms with E-state index in [9.17, 15) is 0 Å². The first-order valence-electron chi connectivity index (χ1n) is 6.58. The molecule has 0 bridgehead atoms. The average molecular weight is 262 g/mol. The van der Waals surface area contributed by atoms with Gasteiger partial charge in [0.25, 0.3) is 5.89 Å². The first kappa shape index (κ1) is 12.4. The molecule has 3 heterocycles. The summed E-state index contributed by atoms with van der Waals surface area (Å²) in [4.78, 5) is 6.69. The Bertz CT molecular complexity index is 522. The molecule has 2 N–H and O–H groups in total. The second kappa shape index (κ2) is 5.14. The lowest BCUT2D eigenvalue weighted by molar-refractivity contribution is 0.135. The first-order valence-corrected chi connectivity index (χ1v) is 6.58. The van der Waals surface area contributed by atoms with Gasteiger partial charge in [-0.2, -0.15) is 4.98 Å². The van der Waals surface area contributed by atoms with Gasteiger partial charge in [0.05, 0.1) is 12.8 Å². The second-order valence-corrected chi connectivity index (χ2v) is 5.10. The Balaban J connectivity index is 1.67. The van der Waals surface area contributed by atoms with Crippen LogP contribution in [0, 0.1) is 0 Å². The van der Waals surface area contributed by atoms with Gasteiger partial charge in [-0.05, 0) is 31.9 Å². The van der Waals surface area contributed by atoms with Crippen LogP contribution >= 0.6 is 0 Å². The van der Waals surface area contributed by atoms with Gasteiger partial charge in [-0.3, -0.25) is 4.90 Å². The summed E-state index contributed by atoms with van der Waals surface area (Å²) >= 11 is 0. The van der Waals surface area contributed by atoms with Crippen molar-refractivity contribution in [2.24, 2.45) is 5.73 Å². The van der Waals surface area contributed by atoms with Gasteiger partial charge in [0, 0.05) is 18.6 Å². The molecule has 0 saturated carbocycles. The smallest absolute Gasteiger partial charge is 0.293 e. The predicted octanol–water partition coefficient (Wildman–Crippen LogP) is 1.64. The van der Waals surface area contributed by atoms with Crippen LogP contribution in [-0.2, 0) is 6.54 Å². The maximum absolute atomic E-state index is 5.96. The average Bonchev–Trinajstić information content (AvgIpc) is 3.03. The largest absolute Gasteiger partial charge is 0.459 e. The van der Waals surface area contributed by atoms with Crippen LogP contribution in [0.15, 0.2) is 27.3 Å². The van der Waals surface area contributed by atoms with E-state index in [-0.39, 0.29) is 0 Å². The van der Waals surface area contributed by atoms with Crippen molar-refractivity contribution in [1.29, 1.82) is 0 Å². The number of likely N-dealkylation sites (tertiary alicyclic amines) is 1. The van der Waals surface area contributed by atoms with E-state index in [0.717, 1.165) is 19.4 Å². The van der Waals surface area contributed by atoms with Crippen LogP contribution in [0.5, 0.6) is 0 Å². The van der Waals surface area contributed by atoms with Crippen LogP contribution in [0.2, 0.25) is 0 Å². The zero-order valence-electron chi connectivity index (χ0n) is 11.0. The molecule has 2 atom stereocenters. The molecular formula is C13H18N4O2. The Kier molecular flexibility index (Phi) is 3.35. The minimum atomic E-state index is 0.315. The molecule has 0 aliphatic carbocycles. The van der Waals surface area contributed by atoms with Crippen molar-refractivity contribution in [2.75, 3.05) is 6.54 Å². The van der Waals surface area contributed by atoms with Gasteiger partial charge in [-0.25, -0.2) is 0 Å².